The summed E-state index contributed by atoms with van der Waals surface area (Å²) in [7, 11) is 0. The summed E-state index contributed by atoms with van der Waals surface area (Å²) in [5.74, 6) is 0.847. The van der Waals surface area contributed by atoms with E-state index < -0.39 is 0 Å². The Morgan fingerprint density at radius 3 is 2.43 bits per heavy atom. The lowest BCUT2D eigenvalue weighted by molar-refractivity contribution is -0.119. The number of carbonyl (C=O) groups excluding carboxylic acids is 1. The Morgan fingerprint density at radius 1 is 1.43 bits per heavy atom. The number of nitrogens with zero attached hydrogens (tertiary/aromatic N) is 1. The molecule has 0 bridgehead atoms. The van der Waals surface area contributed by atoms with Crippen molar-refractivity contribution in [2.75, 3.05) is 19.6 Å². The molecule has 0 aromatic heterocycles. The average molecular weight is 198 g/mol. The molecule has 1 saturated heterocycles. The molecule has 1 heterocycles. The van der Waals surface area contributed by atoms with Gasteiger partial charge in [0.25, 0.3) is 0 Å². The van der Waals surface area contributed by atoms with Crippen molar-refractivity contribution in [3.05, 3.63) is 0 Å². The normalized spacial score (nSPS) is 20.0. The van der Waals surface area contributed by atoms with Gasteiger partial charge < -0.3 is 10.2 Å². The molecule has 0 aromatic carbocycles. The van der Waals surface area contributed by atoms with Crippen LogP contribution < -0.4 is 5.32 Å². The van der Waals surface area contributed by atoms with Crippen LogP contribution >= 0.6 is 0 Å². The molecule has 1 fully saturated rings. The van der Waals surface area contributed by atoms with Crippen molar-refractivity contribution < 1.29 is 4.79 Å². The number of piperidine rings is 1. The average Bonchev–Trinajstić information content (AvgIpc) is 2.06. The predicted octanol–water partition coefficient (Wildman–Crippen LogP) is 1.24. The minimum absolute atomic E-state index is 0.104. The van der Waals surface area contributed by atoms with E-state index in [-0.39, 0.29) is 5.91 Å². The van der Waals surface area contributed by atoms with E-state index in [0.717, 1.165) is 31.8 Å². The maximum Gasteiger partial charge on any atom is 0.217 e. The fourth-order valence-corrected chi connectivity index (χ4v) is 2.06. The Kier molecular flexibility index (Phi) is 4.39. The second-order valence-corrected chi connectivity index (χ2v) is 4.67. The third-order valence-corrected chi connectivity index (χ3v) is 2.62. The van der Waals surface area contributed by atoms with E-state index in [9.17, 15) is 4.79 Å². The topological polar surface area (TPSA) is 32.3 Å². The molecule has 0 spiro atoms. The van der Waals surface area contributed by atoms with Crippen LogP contribution in [-0.4, -0.2) is 36.5 Å². The molecular weight excluding hydrogens is 176 g/mol. The summed E-state index contributed by atoms with van der Waals surface area (Å²) in [5, 5.41) is 2.99. The molecule has 1 aliphatic heterocycles. The van der Waals surface area contributed by atoms with Crippen LogP contribution in [0, 0.1) is 5.92 Å². The van der Waals surface area contributed by atoms with Gasteiger partial charge in [-0.05, 0) is 18.8 Å². The fraction of sp³-hybridized carbons (Fsp3) is 0.909. The molecule has 1 rings (SSSR count). The zero-order chi connectivity index (χ0) is 10.6. The number of likely N-dealkylation sites (tertiary alicyclic amines) is 1. The second-order valence-electron chi connectivity index (χ2n) is 4.67. The molecule has 3 heteroatoms. The van der Waals surface area contributed by atoms with Crippen LogP contribution in [0.2, 0.25) is 0 Å². The van der Waals surface area contributed by atoms with Crippen LogP contribution in [0.1, 0.15) is 33.6 Å². The minimum Gasteiger partial charge on any atom is -0.354 e. The molecule has 0 aliphatic carbocycles. The lowest BCUT2D eigenvalue weighted by Gasteiger charge is -2.33. The van der Waals surface area contributed by atoms with Gasteiger partial charge in [-0.2, -0.15) is 0 Å². The highest BCUT2D eigenvalue weighted by molar-refractivity contribution is 5.73. The van der Waals surface area contributed by atoms with E-state index >= 15 is 0 Å². The maximum absolute atomic E-state index is 10.8. The predicted molar refractivity (Wildman–Crippen MR) is 58.1 cm³/mol. The van der Waals surface area contributed by atoms with Crippen molar-refractivity contribution in [3.8, 4) is 0 Å². The van der Waals surface area contributed by atoms with Crippen LogP contribution in [0.4, 0.5) is 0 Å². The van der Waals surface area contributed by atoms with Crippen molar-refractivity contribution in [1.82, 2.24) is 10.2 Å². The molecule has 1 amide bonds. The van der Waals surface area contributed by atoms with E-state index in [1.165, 1.54) is 6.54 Å². The number of rotatable bonds is 3. The summed E-state index contributed by atoms with van der Waals surface area (Å²) in [6, 6.07) is 0.413. The molecule has 0 radical (unpaired) electrons. The molecule has 1 aliphatic rings. The van der Waals surface area contributed by atoms with E-state index in [1.54, 1.807) is 6.92 Å². The van der Waals surface area contributed by atoms with E-state index in [0.29, 0.717) is 6.04 Å². The number of nitrogens with one attached hydrogen (secondary N) is 1. The molecule has 1 N–H and O–H groups in total. The summed E-state index contributed by atoms with van der Waals surface area (Å²) in [5.41, 5.74) is 0. The first-order chi connectivity index (χ1) is 6.58. The Labute approximate surface area is 86.9 Å². The largest absolute Gasteiger partial charge is 0.354 e. The van der Waals surface area contributed by atoms with E-state index in [2.05, 4.69) is 24.1 Å². The van der Waals surface area contributed by atoms with Gasteiger partial charge in [0.15, 0.2) is 0 Å². The SMILES string of the molecule is CC(=O)NC1CCN(CC(C)C)CC1. The van der Waals surface area contributed by atoms with Crippen LogP contribution in [0.5, 0.6) is 0 Å². The van der Waals surface area contributed by atoms with Crippen molar-refractivity contribution in [1.29, 1.82) is 0 Å². The van der Waals surface area contributed by atoms with Gasteiger partial charge in [0.1, 0.15) is 0 Å². The monoisotopic (exact) mass is 198 g/mol. The second kappa shape index (κ2) is 5.35. The van der Waals surface area contributed by atoms with Gasteiger partial charge in [-0.15, -0.1) is 0 Å². The molecule has 0 aromatic rings. The summed E-state index contributed by atoms with van der Waals surface area (Å²) in [6.45, 7) is 9.54. The fourth-order valence-electron chi connectivity index (χ4n) is 2.06. The van der Waals surface area contributed by atoms with Crippen molar-refractivity contribution in [3.63, 3.8) is 0 Å². The minimum atomic E-state index is 0.104. The van der Waals surface area contributed by atoms with Crippen molar-refractivity contribution >= 4 is 5.91 Å². The standard InChI is InChI=1S/C11H22N2O/c1-9(2)8-13-6-4-11(5-7-13)12-10(3)14/h9,11H,4-8H2,1-3H3,(H,12,14). The summed E-state index contributed by atoms with van der Waals surface area (Å²) < 4.78 is 0. The Morgan fingerprint density at radius 2 is 2.00 bits per heavy atom. The molecule has 3 nitrogen and oxygen atoms in total. The van der Waals surface area contributed by atoms with Crippen molar-refractivity contribution in [2.45, 2.75) is 39.7 Å². The first-order valence-electron chi connectivity index (χ1n) is 5.57. The van der Waals surface area contributed by atoms with Gasteiger partial charge in [0.05, 0.1) is 0 Å². The molecule has 0 atom stereocenters. The molecule has 14 heavy (non-hydrogen) atoms. The Hall–Kier alpha value is -0.570. The van der Waals surface area contributed by atoms with Gasteiger partial charge in [-0.3, -0.25) is 4.79 Å². The number of hydrogen-bond donors (Lipinski definition) is 1. The Bertz CT molecular complexity index is 184. The number of amides is 1. The van der Waals surface area contributed by atoms with E-state index in [4.69, 9.17) is 0 Å². The Balaban J connectivity index is 2.21. The van der Waals surface area contributed by atoms with Gasteiger partial charge >= 0.3 is 0 Å². The van der Waals surface area contributed by atoms with Crippen molar-refractivity contribution in [2.24, 2.45) is 5.92 Å². The first kappa shape index (κ1) is 11.5. The quantitative estimate of drug-likeness (QED) is 0.740. The highest BCUT2D eigenvalue weighted by Gasteiger charge is 2.19. The zero-order valence-electron chi connectivity index (χ0n) is 9.55. The zero-order valence-corrected chi connectivity index (χ0v) is 9.55. The smallest absolute Gasteiger partial charge is 0.217 e. The maximum atomic E-state index is 10.8. The lowest BCUT2D eigenvalue weighted by atomic mass is 10.0. The highest BCUT2D eigenvalue weighted by atomic mass is 16.1. The summed E-state index contributed by atoms with van der Waals surface area (Å²) in [6.07, 6.45) is 2.21. The molecular formula is C11H22N2O. The molecule has 0 unspecified atom stereocenters. The lowest BCUT2D eigenvalue weighted by Crippen LogP contribution is -2.44. The summed E-state index contributed by atoms with van der Waals surface area (Å²) >= 11 is 0. The van der Waals surface area contributed by atoms with Gasteiger partial charge in [0.2, 0.25) is 5.91 Å². The number of carbonyl (C=O) groups is 1. The van der Waals surface area contributed by atoms with E-state index in [1.807, 2.05) is 0 Å². The third kappa shape index (κ3) is 4.09. The van der Waals surface area contributed by atoms with Crippen LogP contribution in [0.25, 0.3) is 0 Å². The number of hydrogen-bond acceptors (Lipinski definition) is 2. The summed E-state index contributed by atoms with van der Waals surface area (Å²) in [4.78, 5) is 13.3. The van der Waals surface area contributed by atoms with Gasteiger partial charge in [0, 0.05) is 32.6 Å². The van der Waals surface area contributed by atoms with Gasteiger partial charge in [-0.25, -0.2) is 0 Å². The molecule has 82 valence electrons. The highest BCUT2D eigenvalue weighted by Crippen LogP contribution is 2.11. The third-order valence-electron chi connectivity index (χ3n) is 2.62. The van der Waals surface area contributed by atoms with Crippen LogP contribution in [0.15, 0.2) is 0 Å². The van der Waals surface area contributed by atoms with Crippen LogP contribution in [-0.2, 0) is 4.79 Å². The molecule has 0 saturated carbocycles. The van der Waals surface area contributed by atoms with Gasteiger partial charge in [-0.1, -0.05) is 13.8 Å². The first-order valence-corrected chi connectivity index (χ1v) is 5.57. The van der Waals surface area contributed by atoms with Crippen LogP contribution in [0.3, 0.4) is 0 Å².